The van der Waals surface area contributed by atoms with Crippen LogP contribution in [-0.2, 0) is 7.05 Å². The molecule has 0 aliphatic heterocycles. The van der Waals surface area contributed by atoms with Gasteiger partial charge in [0, 0.05) is 25.0 Å². The van der Waals surface area contributed by atoms with Crippen LogP contribution in [0, 0.1) is 11.3 Å². The molecular weight excluding hydrogens is 264 g/mol. The lowest BCUT2D eigenvalue weighted by Gasteiger charge is -2.18. The Morgan fingerprint density at radius 2 is 2.33 bits per heavy atom. The van der Waals surface area contributed by atoms with Crippen molar-refractivity contribution < 1.29 is 4.79 Å². The van der Waals surface area contributed by atoms with Gasteiger partial charge in [-0.05, 0) is 24.6 Å². The molecule has 0 radical (unpaired) electrons. The van der Waals surface area contributed by atoms with E-state index in [0.717, 1.165) is 18.7 Å². The van der Waals surface area contributed by atoms with Gasteiger partial charge in [-0.1, -0.05) is 19.4 Å². The molecule has 1 aromatic heterocycles. The lowest BCUT2D eigenvalue weighted by Crippen LogP contribution is -2.30. The van der Waals surface area contributed by atoms with Crippen molar-refractivity contribution in [1.82, 2.24) is 14.9 Å². The minimum atomic E-state index is -0.187. The summed E-state index contributed by atoms with van der Waals surface area (Å²) in [5.74, 6) is 0.648. The van der Waals surface area contributed by atoms with Gasteiger partial charge < -0.3 is 9.88 Å². The fourth-order valence-corrected chi connectivity index (χ4v) is 2.24. The number of hydrogen-bond acceptors (Lipinski definition) is 3. The molecule has 5 nitrogen and oxygen atoms in total. The number of carbonyl (C=O) groups is 1. The number of amides is 1. The minimum absolute atomic E-state index is 0.131. The van der Waals surface area contributed by atoms with Gasteiger partial charge in [-0.25, -0.2) is 4.98 Å². The van der Waals surface area contributed by atoms with Crippen LogP contribution in [0.4, 0.5) is 0 Å². The second-order valence-electron chi connectivity index (χ2n) is 4.90. The second-order valence-corrected chi connectivity index (χ2v) is 4.90. The summed E-state index contributed by atoms with van der Waals surface area (Å²) in [7, 11) is 1.91. The molecule has 21 heavy (non-hydrogen) atoms. The SMILES string of the molecule is CCC[C@@H](NC(=O)c1cccc(C#N)c1)c1nccn1C. The molecule has 2 rings (SSSR count). The predicted octanol–water partition coefficient (Wildman–Crippen LogP) is 2.56. The highest BCUT2D eigenvalue weighted by molar-refractivity contribution is 5.94. The summed E-state index contributed by atoms with van der Waals surface area (Å²) < 4.78 is 1.91. The maximum absolute atomic E-state index is 12.3. The zero-order chi connectivity index (χ0) is 15.2. The summed E-state index contributed by atoms with van der Waals surface area (Å²) in [5, 5.41) is 11.9. The van der Waals surface area contributed by atoms with Gasteiger partial charge in [-0.15, -0.1) is 0 Å². The minimum Gasteiger partial charge on any atom is -0.342 e. The van der Waals surface area contributed by atoms with E-state index in [1.165, 1.54) is 0 Å². The van der Waals surface area contributed by atoms with E-state index in [4.69, 9.17) is 5.26 Å². The third-order valence-corrected chi connectivity index (χ3v) is 3.31. The van der Waals surface area contributed by atoms with E-state index in [2.05, 4.69) is 17.2 Å². The van der Waals surface area contributed by atoms with E-state index >= 15 is 0 Å². The van der Waals surface area contributed by atoms with Gasteiger partial charge in [0.05, 0.1) is 17.7 Å². The maximum Gasteiger partial charge on any atom is 0.251 e. The Bertz CT molecular complexity index is 669. The van der Waals surface area contributed by atoms with Crippen molar-refractivity contribution >= 4 is 5.91 Å². The van der Waals surface area contributed by atoms with Gasteiger partial charge in [-0.3, -0.25) is 4.79 Å². The van der Waals surface area contributed by atoms with Crippen LogP contribution in [0.15, 0.2) is 36.7 Å². The monoisotopic (exact) mass is 282 g/mol. The lowest BCUT2D eigenvalue weighted by molar-refractivity contribution is 0.0932. The van der Waals surface area contributed by atoms with E-state index in [1.807, 2.05) is 23.9 Å². The Kier molecular flexibility index (Phi) is 4.72. The summed E-state index contributed by atoms with van der Waals surface area (Å²) >= 11 is 0. The van der Waals surface area contributed by atoms with Crippen LogP contribution in [0.2, 0.25) is 0 Å². The number of carbonyl (C=O) groups excluding carboxylic acids is 1. The van der Waals surface area contributed by atoms with E-state index in [0.29, 0.717) is 11.1 Å². The third kappa shape index (κ3) is 3.48. The molecule has 5 heteroatoms. The molecule has 0 spiro atoms. The average Bonchev–Trinajstić information content (AvgIpc) is 2.93. The zero-order valence-electron chi connectivity index (χ0n) is 12.2. The van der Waals surface area contributed by atoms with Gasteiger partial charge in [-0.2, -0.15) is 5.26 Å². The van der Waals surface area contributed by atoms with Crippen LogP contribution >= 0.6 is 0 Å². The van der Waals surface area contributed by atoms with Gasteiger partial charge in [0.1, 0.15) is 5.82 Å². The van der Waals surface area contributed by atoms with Crippen molar-refractivity contribution in [2.45, 2.75) is 25.8 Å². The Labute approximate surface area is 124 Å². The second kappa shape index (κ2) is 6.71. The van der Waals surface area contributed by atoms with Gasteiger partial charge in [0.2, 0.25) is 0 Å². The largest absolute Gasteiger partial charge is 0.342 e. The number of hydrogen-bond donors (Lipinski definition) is 1. The molecule has 1 atom stereocenters. The number of nitrogens with zero attached hydrogens (tertiary/aromatic N) is 3. The molecular formula is C16H18N4O. The summed E-state index contributed by atoms with van der Waals surface area (Å²) in [5.41, 5.74) is 0.969. The topological polar surface area (TPSA) is 70.7 Å². The number of benzene rings is 1. The molecule has 1 aromatic carbocycles. The first-order valence-corrected chi connectivity index (χ1v) is 6.94. The maximum atomic E-state index is 12.3. The first-order chi connectivity index (χ1) is 10.2. The fourth-order valence-electron chi connectivity index (χ4n) is 2.24. The number of nitriles is 1. The summed E-state index contributed by atoms with van der Waals surface area (Å²) in [6.45, 7) is 2.07. The Hall–Kier alpha value is -2.61. The van der Waals surface area contributed by atoms with Gasteiger partial charge >= 0.3 is 0 Å². The zero-order valence-corrected chi connectivity index (χ0v) is 12.2. The van der Waals surface area contributed by atoms with Crippen LogP contribution in [0.3, 0.4) is 0 Å². The van der Waals surface area contributed by atoms with E-state index in [9.17, 15) is 4.79 Å². The molecule has 1 amide bonds. The highest BCUT2D eigenvalue weighted by atomic mass is 16.1. The van der Waals surface area contributed by atoms with E-state index in [-0.39, 0.29) is 11.9 Å². The highest BCUT2D eigenvalue weighted by Crippen LogP contribution is 2.17. The normalized spacial score (nSPS) is 11.7. The quantitative estimate of drug-likeness (QED) is 0.916. The Balaban J connectivity index is 2.19. The standard InChI is InChI=1S/C16H18N4O/c1-3-5-14(15-18-8-9-20(15)2)19-16(21)13-7-4-6-12(10-13)11-17/h4,6-10,14H,3,5H2,1-2H3,(H,19,21)/t14-/m1/s1. The molecule has 0 aliphatic rings. The molecule has 2 aromatic rings. The van der Waals surface area contributed by atoms with Crippen molar-refractivity contribution in [2.75, 3.05) is 0 Å². The van der Waals surface area contributed by atoms with Gasteiger partial charge in [0.15, 0.2) is 0 Å². The Morgan fingerprint density at radius 1 is 1.52 bits per heavy atom. The molecule has 0 fully saturated rings. The number of imidazole rings is 1. The summed E-state index contributed by atoms with van der Waals surface area (Å²) in [4.78, 5) is 16.7. The van der Waals surface area contributed by atoms with Crippen molar-refractivity contribution in [3.63, 3.8) is 0 Å². The molecule has 1 heterocycles. The molecule has 0 unspecified atom stereocenters. The van der Waals surface area contributed by atoms with Crippen molar-refractivity contribution in [1.29, 1.82) is 5.26 Å². The lowest BCUT2D eigenvalue weighted by atomic mass is 10.1. The van der Waals surface area contributed by atoms with Crippen LogP contribution < -0.4 is 5.32 Å². The van der Waals surface area contributed by atoms with E-state index in [1.54, 1.807) is 30.5 Å². The number of aromatic nitrogens is 2. The van der Waals surface area contributed by atoms with Crippen LogP contribution in [0.5, 0.6) is 0 Å². The molecule has 0 saturated carbocycles. The van der Waals surface area contributed by atoms with E-state index < -0.39 is 0 Å². The molecule has 108 valence electrons. The summed E-state index contributed by atoms with van der Waals surface area (Å²) in [6, 6.07) is 8.60. The number of aryl methyl sites for hydroxylation is 1. The van der Waals surface area contributed by atoms with Crippen molar-refractivity contribution in [3.05, 3.63) is 53.6 Å². The molecule has 0 saturated heterocycles. The van der Waals surface area contributed by atoms with Crippen molar-refractivity contribution in [2.24, 2.45) is 7.05 Å². The highest BCUT2D eigenvalue weighted by Gasteiger charge is 2.18. The smallest absolute Gasteiger partial charge is 0.251 e. The molecule has 0 aliphatic carbocycles. The number of nitrogens with one attached hydrogen (secondary N) is 1. The summed E-state index contributed by atoms with van der Waals surface area (Å²) in [6.07, 6.45) is 5.34. The molecule has 0 bridgehead atoms. The van der Waals surface area contributed by atoms with Crippen LogP contribution in [-0.4, -0.2) is 15.5 Å². The van der Waals surface area contributed by atoms with Gasteiger partial charge in [0.25, 0.3) is 5.91 Å². The Morgan fingerprint density at radius 3 is 2.95 bits per heavy atom. The third-order valence-electron chi connectivity index (χ3n) is 3.31. The first-order valence-electron chi connectivity index (χ1n) is 6.94. The van der Waals surface area contributed by atoms with Crippen LogP contribution in [0.1, 0.15) is 47.6 Å². The fraction of sp³-hybridized carbons (Fsp3) is 0.312. The predicted molar refractivity (Wildman–Crippen MR) is 79.5 cm³/mol. The van der Waals surface area contributed by atoms with Crippen molar-refractivity contribution in [3.8, 4) is 6.07 Å². The number of rotatable bonds is 5. The average molecular weight is 282 g/mol. The van der Waals surface area contributed by atoms with Crippen LogP contribution in [0.25, 0.3) is 0 Å². The molecule has 1 N–H and O–H groups in total. The first kappa shape index (κ1) is 14.8.